The first-order valence-electron chi connectivity index (χ1n) is 11.8. The molecule has 0 saturated carbocycles. The molecule has 1 unspecified atom stereocenters. The minimum absolute atomic E-state index is 0.0305. The normalized spacial score (nSPS) is 11.8. The first-order valence-corrected chi connectivity index (χ1v) is 11.8. The van der Waals surface area contributed by atoms with Crippen molar-refractivity contribution in [2.75, 3.05) is 0 Å². The molecule has 0 radical (unpaired) electrons. The number of Topliss-reactive ketones (excluding diaryl/α,β-unsaturated/α-hetero) is 1. The molecule has 0 aliphatic heterocycles. The standard InChI is InChI=1S/C27H37NO3/c1-4-6-8-9-10-11-12-22-14-19-25(28-20-22)23-15-17-24(18-16-23)27(30)31-21(3)26(29)13-7-5-2/h14-21H,4-13H2,1-3H3. The van der Waals surface area contributed by atoms with Crippen molar-refractivity contribution < 1.29 is 14.3 Å². The van der Waals surface area contributed by atoms with E-state index >= 15 is 0 Å². The van der Waals surface area contributed by atoms with Crippen molar-refractivity contribution in [1.29, 1.82) is 0 Å². The highest BCUT2D eigenvalue weighted by Crippen LogP contribution is 2.19. The average molecular weight is 424 g/mol. The number of ether oxygens (including phenoxy) is 1. The summed E-state index contributed by atoms with van der Waals surface area (Å²) < 4.78 is 5.32. The number of ketones is 1. The lowest BCUT2D eigenvalue weighted by atomic mass is 10.0. The highest BCUT2D eigenvalue weighted by molar-refractivity contribution is 5.93. The maximum Gasteiger partial charge on any atom is 0.338 e. The monoisotopic (exact) mass is 423 g/mol. The second-order valence-electron chi connectivity index (χ2n) is 8.26. The molecule has 2 rings (SSSR count). The molecule has 168 valence electrons. The highest BCUT2D eigenvalue weighted by atomic mass is 16.5. The second kappa shape index (κ2) is 13.7. The lowest BCUT2D eigenvalue weighted by molar-refractivity contribution is -0.127. The molecule has 1 aromatic heterocycles. The van der Waals surface area contributed by atoms with Crippen molar-refractivity contribution in [3.05, 3.63) is 53.7 Å². The third-order valence-electron chi connectivity index (χ3n) is 5.57. The summed E-state index contributed by atoms with van der Waals surface area (Å²) in [5, 5.41) is 0. The van der Waals surface area contributed by atoms with E-state index in [1.54, 1.807) is 19.1 Å². The van der Waals surface area contributed by atoms with Gasteiger partial charge >= 0.3 is 5.97 Å². The van der Waals surface area contributed by atoms with Crippen LogP contribution in [0.1, 0.15) is 94.5 Å². The first kappa shape index (κ1) is 24.8. The van der Waals surface area contributed by atoms with Crippen molar-refractivity contribution in [2.45, 2.75) is 91.1 Å². The van der Waals surface area contributed by atoms with Crippen LogP contribution in [0.25, 0.3) is 11.3 Å². The largest absolute Gasteiger partial charge is 0.451 e. The molecular formula is C27H37NO3. The molecule has 0 aliphatic rings. The Labute approximate surface area is 187 Å². The van der Waals surface area contributed by atoms with Crippen LogP contribution in [-0.2, 0) is 16.0 Å². The molecule has 1 atom stereocenters. The fourth-order valence-electron chi connectivity index (χ4n) is 3.48. The molecule has 4 nitrogen and oxygen atoms in total. The highest BCUT2D eigenvalue weighted by Gasteiger charge is 2.18. The number of aryl methyl sites for hydroxylation is 1. The molecule has 1 heterocycles. The molecule has 0 spiro atoms. The maximum absolute atomic E-state index is 12.3. The first-order chi connectivity index (χ1) is 15.0. The zero-order chi connectivity index (χ0) is 22.5. The van der Waals surface area contributed by atoms with Gasteiger partial charge in [-0.15, -0.1) is 0 Å². The van der Waals surface area contributed by atoms with Crippen LogP contribution in [0.5, 0.6) is 0 Å². The Morgan fingerprint density at radius 2 is 1.55 bits per heavy atom. The van der Waals surface area contributed by atoms with Crippen LogP contribution in [0.4, 0.5) is 0 Å². The van der Waals surface area contributed by atoms with Gasteiger partial charge in [-0.3, -0.25) is 9.78 Å². The second-order valence-corrected chi connectivity index (χ2v) is 8.26. The van der Waals surface area contributed by atoms with E-state index in [1.807, 2.05) is 31.3 Å². The van der Waals surface area contributed by atoms with Crippen LogP contribution in [0.3, 0.4) is 0 Å². The summed E-state index contributed by atoms with van der Waals surface area (Å²) in [4.78, 5) is 28.9. The van der Waals surface area contributed by atoms with Gasteiger partial charge < -0.3 is 4.74 Å². The SMILES string of the molecule is CCCCCCCCc1ccc(-c2ccc(C(=O)OC(C)C(=O)CCCC)cc2)nc1. The summed E-state index contributed by atoms with van der Waals surface area (Å²) in [5.74, 6) is -0.497. The van der Waals surface area contributed by atoms with E-state index in [4.69, 9.17) is 4.74 Å². The van der Waals surface area contributed by atoms with Gasteiger partial charge in [-0.2, -0.15) is 0 Å². The van der Waals surface area contributed by atoms with Crippen LogP contribution >= 0.6 is 0 Å². The van der Waals surface area contributed by atoms with Crippen LogP contribution < -0.4 is 0 Å². The summed E-state index contributed by atoms with van der Waals surface area (Å²) in [6.07, 6.45) is 12.3. The minimum atomic E-state index is -0.709. The number of esters is 1. The van der Waals surface area contributed by atoms with Crippen molar-refractivity contribution in [3.63, 3.8) is 0 Å². The number of hydrogen-bond acceptors (Lipinski definition) is 4. The summed E-state index contributed by atoms with van der Waals surface area (Å²) in [6, 6.07) is 11.4. The van der Waals surface area contributed by atoms with Crippen molar-refractivity contribution in [3.8, 4) is 11.3 Å². The Bertz CT molecular complexity index is 796. The summed E-state index contributed by atoms with van der Waals surface area (Å²) in [6.45, 7) is 5.91. The van der Waals surface area contributed by atoms with Crippen molar-refractivity contribution >= 4 is 11.8 Å². The van der Waals surface area contributed by atoms with E-state index in [9.17, 15) is 9.59 Å². The van der Waals surface area contributed by atoms with Gasteiger partial charge in [0.25, 0.3) is 0 Å². The zero-order valence-corrected chi connectivity index (χ0v) is 19.4. The molecule has 0 amide bonds. The lowest BCUT2D eigenvalue weighted by Crippen LogP contribution is -2.24. The third kappa shape index (κ3) is 8.64. The van der Waals surface area contributed by atoms with Gasteiger partial charge in [-0.05, 0) is 49.9 Å². The molecule has 2 aromatic rings. The van der Waals surface area contributed by atoms with E-state index in [2.05, 4.69) is 18.0 Å². The van der Waals surface area contributed by atoms with Crippen molar-refractivity contribution in [1.82, 2.24) is 4.98 Å². The van der Waals surface area contributed by atoms with E-state index in [-0.39, 0.29) is 5.78 Å². The number of rotatable bonds is 14. The van der Waals surface area contributed by atoms with Gasteiger partial charge in [0.1, 0.15) is 0 Å². The Morgan fingerprint density at radius 3 is 2.19 bits per heavy atom. The predicted molar refractivity (Wildman–Crippen MR) is 126 cm³/mol. The molecule has 1 aromatic carbocycles. The number of aromatic nitrogens is 1. The van der Waals surface area contributed by atoms with Gasteiger partial charge in [-0.1, -0.05) is 70.6 Å². The van der Waals surface area contributed by atoms with Gasteiger partial charge in [0.15, 0.2) is 11.9 Å². The number of pyridine rings is 1. The van der Waals surface area contributed by atoms with Crippen LogP contribution in [0, 0.1) is 0 Å². The Balaban J connectivity index is 1.85. The molecule has 0 N–H and O–H groups in total. The number of carbonyl (C=O) groups excluding carboxylic acids is 2. The zero-order valence-electron chi connectivity index (χ0n) is 19.4. The summed E-state index contributed by atoms with van der Waals surface area (Å²) in [7, 11) is 0. The fraction of sp³-hybridized carbons (Fsp3) is 0.519. The smallest absolute Gasteiger partial charge is 0.338 e. The van der Waals surface area contributed by atoms with Crippen molar-refractivity contribution in [2.24, 2.45) is 0 Å². The van der Waals surface area contributed by atoms with E-state index in [0.29, 0.717) is 12.0 Å². The van der Waals surface area contributed by atoms with Gasteiger partial charge in [0, 0.05) is 18.2 Å². The van der Waals surface area contributed by atoms with Crippen LogP contribution in [0.2, 0.25) is 0 Å². The van der Waals surface area contributed by atoms with E-state index in [1.165, 1.54) is 44.1 Å². The molecular weight excluding hydrogens is 386 g/mol. The maximum atomic E-state index is 12.3. The summed E-state index contributed by atoms with van der Waals surface area (Å²) >= 11 is 0. The molecule has 0 aliphatic carbocycles. The number of benzene rings is 1. The molecule has 0 fully saturated rings. The minimum Gasteiger partial charge on any atom is -0.451 e. The predicted octanol–water partition coefficient (Wildman–Crippen LogP) is 6.96. The Morgan fingerprint density at radius 1 is 0.871 bits per heavy atom. The van der Waals surface area contributed by atoms with E-state index < -0.39 is 12.1 Å². The summed E-state index contributed by atoms with van der Waals surface area (Å²) in [5.41, 5.74) is 3.55. The number of hydrogen-bond donors (Lipinski definition) is 0. The molecule has 0 bridgehead atoms. The third-order valence-corrected chi connectivity index (χ3v) is 5.57. The van der Waals surface area contributed by atoms with E-state index in [0.717, 1.165) is 30.5 Å². The topological polar surface area (TPSA) is 56.3 Å². The Hall–Kier alpha value is -2.49. The van der Waals surface area contributed by atoms with Gasteiger partial charge in [0.05, 0.1) is 11.3 Å². The quantitative estimate of drug-likeness (QED) is 0.243. The lowest BCUT2D eigenvalue weighted by Gasteiger charge is -2.12. The molecule has 0 saturated heterocycles. The Kier molecular flexibility index (Phi) is 11.0. The number of carbonyl (C=O) groups is 2. The van der Waals surface area contributed by atoms with Gasteiger partial charge in [-0.25, -0.2) is 4.79 Å². The molecule has 4 heteroatoms. The number of nitrogens with zero attached hydrogens (tertiary/aromatic N) is 1. The van der Waals surface area contributed by atoms with Gasteiger partial charge in [0.2, 0.25) is 0 Å². The fourth-order valence-corrected chi connectivity index (χ4v) is 3.48. The number of unbranched alkanes of at least 4 members (excludes halogenated alkanes) is 6. The average Bonchev–Trinajstić information content (AvgIpc) is 2.80. The van der Waals surface area contributed by atoms with Crippen LogP contribution in [-0.4, -0.2) is 22.8 Å². The molecule has 31 heavy (non-hydrogen) atoms. The van der Waals surface area contributed by atoms with Crippen LogP contribution in [0.15, 0.2) is 42.6 Å².